The zero-order chi connectivity index (χ0) is 19.9. The third kappa shape index (κ3) is 2.69. The fraction of sp³-hybridized carbons (Fsp3) is 0.167. The van der Waals surface area contributed by atoms with Gasteiger partial charge in [0.15, 0.2) is 28.3 Å². The Kier molecular flexibility index (Phi) is 4.36. The van der Waals surface area contributed by atoms with Crippen molar-refractivity contribution in [3.05, 3.63) is 28.4 Å². The van der Waals surface area contributed by atoms with E-state index in [4.69, 9.17) is 18.6 Å². The van der Waals surface area contributed by atoms with Gasteiger partial charge in [0.25, 0.3) is 0 Å². The summed E-state index contributed by atoms with van der Waals surface area (Å²) < 4.78 is 20.5. The zero-order valence-corrected chi connectivity index (χ0v) is 14.6. The highest BCUT2D eigenvalue weighted by molar-refractivity contribution is 5.95. The molecule has 0 bridgehead atoms. The lowest BCUT2D eigenvalue weighted by Gasteiger charge is -2.14. The molecule has 3 aromatic rings. The van der Waals surface area contributed by atoms with Gasteiger partial charge in [-0.05, 0) is 12.1 Å². The summed E-state index contributed by atoms with van der Waals surface area (Å²) in [5.41, 5.74) is -0.734. The van der Waals surface area contributed by atoms with Crippen LogP contribution in [0.5, 0.6) is 40.2 Å². The molecule has 0 saturated carbocycles. The number of aromatic hydroxyl groups is 4. The first-order valence-corrected chi connectivity index (χ1v) is 7.58. The van der Waals surface area contributed by atoms with Crippen molar-refractivity contribution >= 4 is 11.0 Å². The molecule has 3 rings (SSSR count). The zero-order valence-electron chi connectivity index (χ0n) is 14.6. The predicted molar refractivity (Wildman–Crippen MR) is 94.2 cm³/mol. The Labute approximate surface area is 152 Å². The fourth-order valence-corrected chi connectivity index (χ4v) is 2.79. The van der Waals surface area contributed by atoms with Crippen LogP contribution in [-0.4, -0.2) is 41.8 Å². The summed E-state index contributed by atoms with van der Waals surface area (Å²) in [5.74, 6) is -2.65. The topological polar surface area (TPSA) is 139 Å². The molecular formula is C18H16O9. The van der Waals surface area contributed by atoms with Crippen LogP contribution in [0.4, 0.5) is 0 Å². The number of rotatable bonds is 4. The second kappa shape index (κ2) is 6.52. The number of hydrogen-bond acceptors (Lipinski definition) is 9. The van der Waals surface area contributed by atoms with Crippen LogP contribution in [0.2, 0.25) is 0 Å². The molecule has 142 valence electrons. The minimum Gasteiger partial charge on any atom is -0.504 e. The highest BCUT2D eigenvalue weighted by Crippen LogP contribution is 2.49. The molecule has 9 heteroatoms. The molecule has 0 unspecified atom stereocenters. The van der Waals surface area contributed by atoms with Crippen LogP contribution in [0.25, 0.3) is 22.3 Å². The van der Waals surface area contributed by atoms with Gasteiger partial charge in [-0.25, -0.2) is 0 Å². The number of methoxy groups -OCH3 is 3. The van der Waals surface area contributed by atoms with Gasteiger partial charge in [0.1, 0.15) is 11.1 Å². The van der Waals surface area contributed by atoms with Crippen molar-refractivity contribution in [1.82, 2.24) is 0 Å². The minimum absolute atomic E-state index is 0.0528. The van der Waals surface area contributed by atoms with Gasteiger partial charge in [0.2, 0.25) is 23.0 Å². The van der Waals surface area contributed by atoms with Crippen molar-refractivity contribution in [3.8, 4) is 51.6 Å². The van der Waals surface area contributed by atoms with Crippen LogP contribution in [0.1, 0.15) is 0 Å². The molecule has 9 nitrogen and oxygen atoms in total. The first-order chi connectivity index (χ1) is 12.8. The Morgan fingerprint density at radius 2 is 1.33 bits per heavy atom. The second-order valence-corrected chi connectivity index (χ2v) is 5.49. The van der Waals surface area contributed by atoms with Crippen molar-refractivity contribution in [1.29, 1.82) is 0 Å². The van der Waals surface area contributed by atoms with E-state index in [-0.39, 0.29) is 51.0 Å². The number of fused-ring (bicyclic) bond motifs is 1. The number of hydrogen-bond donors (Lipinski definition) is 4. The molecular weight excluding hydrogens is 360 g/mol. The molecule has 0 aliphatic carbocycles. The van der Waals surface area contributed by atoms with Crippen molar-refractivity contribution < 1.29 is 39.1 Å². The van der Waals surface area contributed by atoms with Crippen LogP contribution in [0.15, 0.2) is 27.4 Å². The lowest BCUT2D eigenvalue weighted by Crippen LogP contribution is -2.03. The minimum atomic E-state index is -0.657. The molecule has 0 aliphatic heterocycles. The highest BCUT2D eigenvalue weighted by Gasteiger charge is 2.25. The van der Waals surface area contributed by atoms with E-state index in [1.165, 1.54) is 33.5 Å². The Morgan fingerprint density at radius 1 is 0.778 bits per heavy atom. The molecule has 27 heavy (non-hydrogen) atoms. The van der Waals surface area contributed by atoms with Crippen LogP contribution >= 0.6 is 0 Å². The normalized spacial score (nSPS) is 10.8. The van der Waals surface area contributed by atoms with Crippen molar-refractivity contribution in [2.45, 2.75) is 0 Å². The third-order valence-electron chi connectivity index (χ3n) is 3.98. The van der Waals surface area contributed by atoms with Gasteiger partial charge < -0.3 is 39.1 Å². The first-order valence-electron chi connectivity index (χ1n) is 7.58. The maximum Gasteiger partial charge on any atom is 0.208 e. The Balaban J connectivity index is 2.37. The van der Waals surface area contributed by atoms with Gasteiger partial charge in [-0.15, -0.1) is 0 Å². The lowest BCUT2D eigenvalue weighted by atomic mass is 10.1. The van der Waals surface area contributed by atoms with Crippen molar-refractivity contribution in [2.75, 3.05) is 21.3 Å². The summed E-state index contributed by atoms with van der Waals surface area (Å²) in [7, 11) is 3.72. The Hall–Kier alpha value is -3.75. The number of phenolic OH excluding ortho intramolecular Hbond substituents is 4. The molecule has 4 N–H and O–H groups in total. The monoisotopic (exact) mass is 376 g/mol. The summed E-state index contributed by atoms with van der Waals surface area (Å²) >= 11 is 0. The van der Waals surface area contributed by atoms with Crippen molar-refractivity contribution in [2.24, 2.45) is 0 Å². The van der Waals surface area contributed by atoms with E-state index in [2.05, 4.69) is 0 Å². The SMILES string of the molecule is COc1c(O)cc(-c2cc(=O)c3c(O)c(OC)c(O)c(OC)c3o2)cc1O. The number of ether oxygens (including phenoxy) is 3. The average molecular weight is 376 g/mol. The Bertz CT molecular complexity index is 1080. The summed E-state index contributed by atoms with van der Waals surface area (Å²) in [6.07, 6.45) is 0. The molecule has 0 amide bonds. The smallest absolute Gasteiger partial charge is 0.208 e. The van der Waals surface area contributed by atoms with E-state index in [1.807, 2.05) is 0 Å². The number of benzene rings is 2. The standard InChI is InChI=1S/C18H16O9/c1-24-15-9(20)4-7(5-10(15)21)11-6-8(19)12-13(22)17(25-2)14(23)18(26-3)16(12)27-11/h4-6,20-23H,1-3H3. The van der Waals surface area contributed by atoms with Gasteiger partial charge in [0, 0.05) is 11.6 Å². The molecule has 0 atom stereocenters. The van der Waals surface area contributed by atoms with E-state index in [1.54, 1.807) is 0 Å². The van der Waals surface area contributed by atoms with Gasteiger partial charge in [0.05, 0.1) is 21.3 Å². The predicted octanol–water partition coefficient (Wildman–Crippen LogP) is 2.31. The summed E-state index contributed by atoms with van der Waals surface area (Å²) in [5, 5.41) is 40.1. The lowest BCUT2D eigenvalue weighted by molar-refractivity contribution is 0.323. The quantitative estimate of drug-likeness (QED) is 0.540. The first kappa shape index (κ1) is 18.1. The summed E-state index contributed by atoms with van der Waals surface area (Å²) in [6, 6.07) is 3.50. The Morgan fingerprint density at radius 3 is 1.85 bits per heavy atom. The third-order valence-corrected chi connectivity index (χ3v) is 3.98. The molecule has 1 aromatic heterocycles. The van der Waals surface area contributed by atoms with Gasteiger partial charge >= 0.3 is 0 Å². The molecule has 0 saturated heterocycles. The highest BCUT2D eigenvalue weighted by atomic mass is 16.5. The molecule has 2 aromatic carbocycles. The molecule has 0 aliphatic rings. The van der Waals surface area contributed by atoms with E-state index in [0.29, 0.717) is 0 Å². The van der Waals surface area contributed by atoms with Crippen LogP contribution < -0.4 is 19.6 Å². The van der Waals surface area contributed by atoms with E-state index < -0.39 is 16.9 Å². The summed E-state index contributed by atoms with van der Waals surface area (Å²) in [6.45, 7) is 0. The van der Waals surface area contributed by atoms with E-state index in [0.717, 1.165) is 6.07 Å². The maximum atomic E-state index is 12.6. The molecule has 0 spiro atoms. The van der Waals surface area contributed by atoms with E-state index >= 15 is 0 Å². The molecule has 0 radical (unpaired) electrons. The number of phenols is 4. The van der Waals surface area contributed by atoms with Gasteiger partial charge in [-0.3, -0.25) is 4.79 Å². The molecule has 1 heterocycles. The largest absolute Gasteiger partial charge is 0.504 e. The van der Waals surface area contributed by atoms with Crippen LogP contribution in [0, 0.1) is 0 Å². The molecule has 0 fully saturated rings. The van der Waals surface area contributed by atoms with Gasteiger partial charge in [-0.2, -0.15) is 0 Å². The second-order valence-electron chi connectivity index (χ2n) is 5.49. The maximum absolute atomic E-state index is 12.6. The summed E-state index contributed by atoms with van der Waals surface area (Å²) in [4.78, 5) is 12.6. The average Bonchev–Trinajstić information content (AvgIpc) is 2.61. The van der Waals surface area contributed by atoms with Gasteiger partial charge in [-0.1, -0.05) is 0 Å². The van der Waals surface area contributed by atoms with Crippen LogP contribution in [0.3, 0.4) is 0 Å². The van der Waals surface area contributed by atoms with E-state index in [9.17, 15) is 25.2 Å². The fourth-order valence-electron chi connectivity index (χ4n) is 2.79. The van der Waals surface area contributed by atoms with Crippen LogP contribution in [-0.2, 0) is 0 Å². The van der Waals surface area contributed by atoms with Crippen molar-refractivity contribution in [3.63, 3.8) is 0 Å².